The first-order valence-corrected chi connectivity index (χ1v) is 8.72. The second-order valence-corrected chi connectivity index (χ2v) is 7.36. The Kier molecular flexibility index (Phi) is 7.37. The summed E-state index contributed by atoms with van der Waals surface area (Å²) in [5.74, 6) is 0.642. The van der Waals surface area contributed by atoms with E-state index in [1.54, 1.807) is 13.1 Å². The van der Waals surface area contributed by atoms with Crippen LogP contribution >= 0.6 is 0 Å². The molecular weight excluding hydrogens is 290 g/mol. The number of nitrogens with zero attached hydrogens (tertiary/aromatic N) is 2. The first-order valence-electron chi connectivity index (χ1n) is 7.28. The van der Waals surface area contributed by atoms with E-state index in [4.69, 9.17) is 4.42 Å². The van der Waals surface area contributed by atoms with Gasteiger partial charge in [-0.3, -0.25) is 0 Å². The van der Waals surface area contributed by atoms with Gasteiger partial charge < -0.3 is 14.6 Å². The van der Waals surface area contributed by atoms with Crippen LogP contribution in [-0.2, 0) is 16.6 Å². The molecular formula is C14H27N3O3S. The smallest absolute Gasteiger partial charge is 0.276 e. The Morgan fingerprint density at radius 1 is 1.19 bits per heavy atom. The van der Waals surface area contributed by atoms with Crippen molar-refractivity contribution in [1.82, 2.24) is 14.5 Å². The van der Waals surface area contributed by atoms with E-state index < -0.39 is 10.0 Å². The number of nitrogens with one attached hydrogen (secondary N) is 1. The molecule has 1 N–H and O–H groups in total. The Hall–Kier alpha value is -0.890. The maximum Gasteiger partial charge on any atom is 0.276 e. The molecule has 21 heavy (non-hydrogen) atoms. The van der Waals surface area contributed by atoms with Crippen LogP contribution in [0.2, 0.25) is 0 Å². The normalized spacial score (nSPS) is 12.5. The molecule has 0 bridgehead atoms. The van der Waals surface area contributed by atoms with Gasteiger partial charge in [0.25, 0.3) is 10.0 Å². The molecule has 0 saturated carbocycles. The van der Waals surface area contributed by atoms with E-state index in [0.717, 1.165) is 25.9 Å². The molecule has 0 atom stereocenters. The zero-order valence-electron chi connectivity index (χ0n) is 13.4. The Balaban J connectivity index is 2.60. The van der Waals surface area contributed by atoms with E-state index in [1.165, 1.54) is 10.4 Å². The molecule has 1 heterocycles. The number of furan rings is 1. The Morgan fingerprint density at radius 3 is 2.52 bits per heavy atom. The van der Waals surface area contributed by atoms with Gasteiger partial charge in [0.15, 0.2) is 0 Å². The minimum Gasteiger partial charge on any atom is -0.447 e. The third-order valence-electron chi connectivity index (χ3n) is 3.11. The molecule has 0 aliphatic heterocycles. The van der Waals surface area contributed by atoms with Gasteiger partial charge in [-0.15, -0.1) is 0 Å². The zero-order valence-corrected chi connectivity index (χ0v) is 14.2. The number of rotatable bonds is 10. The summed E-state index contributed by atoms with van der Waals surface area (Å²) in [6.07, 6.45) is 1.81. The Bertz CT molecular complexity index is 511. The van der Waals surface area contributed by atoms with Crippen LogP contribution in [0.25, 0.3) is 0 Å². The van der Waals surface area contributed by atoms with Crippen LogP contribution in [0, 0.1) is 0 Å². The maximum atomic E-state index is 12.3. The number of hydrogen-bond donors (Lipinski definition) is 1. The lowest BCUT2D eigenvalue weighted by Crippen LogP contribution is -2.29. The zero-order chi connectivity index (χ0) is 15.9. The molecule has 0 saturated heterocycles. The van der Waals surface area contributed by atoms with Crippen LogP contribution < -0.4 is 5.32 Å². The lowest BCUT2D eigenvalue weighted by molar-refractivity contribution is 0.356. The first kappa shape index (κ1) is 18.2. The quantitative estimate of drug-likeness (QED) is 0.660. The maximum absolute atomic E-state index is 12.3. The molecule has 0 aliphatic rings. The fraction of sp³-hybridized carbons (Fsp3) is 0.714. The summed E-state index contributed by atoms with van der Waals surface area (Å²) in [5, 5.41) is 3.20. The van der Waals surface area contributed by atoms with E-state index in [-0.39, 0.29) is 5.09 Å². The van der Waals surface area contributed by atoms with Crippen molar-refractivity contribution in [3.63, 3.8) is 0 Å². The average molecular weight is 317 g/mol. The topological polar surface area (TPSA) is 65.8 Å². The highest BCUT2D eigenvalue weighted by Crippen LogP contribution is 2.18. The second-order valence-electron chi connectivity index (χ2n) is 5.38. The lowest BCUT2D eigenvalue weighted by Gasteiger charge is -2.16. The summed E-state index contributed by atoms with van der Waals surface area (Å²) >= 11 is 0. The molecule has 122 valence electrons. The predicted molar refractivity (Wildman–Crippen MR) is 83.7 cm³/mol. The summed E-state index contributed by atoms with van der Waals surface area (Å²) < 4.78 is 31.5. The average Bonchev–Trinajstić information content (AvgIpc) is 2.88. The fourth-order valence-corrected chi connectivity index (χ4v) is 2.99. The number of sulfonamides is 1. The van der Waals surface area contributed by atoms with Crippen LogP contribution in [0.5, 0.6) is 0 Å². The summed E-state index contributed by atoms with van der Waals surface area (Å²) in [6, 6.07) is 3.24. The van der Waals surface area contributed by atoms with Gasteiger partial charge in [-0.2, -0.15) is 4.31 Å². The molecule has 0 aliphatic carbocycles. The van der Waals surface area contributed by atoms with E-state index in [9.17, 15) is 8.42 Å². The molecule has 0 unspecified atom stereocenters. The van der Waals surface area contributed by atoms with Crippen molar-refractivity contribution < 1.29 is 12.8 Å². The molecule has 0 fully saturated rings. The first-order chi connectivity index (χ1) is 9.87. The van der Waals surface area contributed by atoms with Crippen LogP contribution in [0.1, 0.15) is 25.5 Å². The van der Waals surface area contributed by atoms with Crippen LogP contribution in [0.3, 0.4) is 0 Å². The van der Waals surface area contributed by atoms with Gasteiger partial charge in [-0.1, -0.05) is 6.92 Å². The monoisotopic (exact) mass is 317 g/mol. The van der Waals surface area contributed by atoms with Gasteiger partial charge in [-0.05, 0) is 52.2 Å². The van der Waals surface area contributed by atoms with Gasteiger partial charge in [0.1, 0.15) is 5.76 Å². The lowest BCUT2D eigenvalue weighted by atomic mass is 10.4. The standard InChI is InChI=1S/C14H27N3O3S/c1-5-9-15-12-13-7-8-14(20-13)21(18,19)17(4)11-6-10-16(2)3/h7-8,15H,5-6,9-12H2,1-4H3. The Labute approximate surface area is 128 Å². The van der Waals surface area contributed by atoms with E-state index in [0.29, 0.717) is 18.8 Å². The predicted octanol–water partition coefficient (Wildman–Crippen LogP) is 1.35. The van der Waals surface area contributed by atoms with Gasteiger partial charge in [0.2, 0.25) is 5.09 Å². The minimum absolute atomic E-state index is 0.0168. The van der Waals surface area contributed by atoms with Gasteiger partial charge in [-0.25, -0.2) is 8.42 Å². The summed E-state index contributed by atoms with van der Waals surface area (Å²) in [4.78, 5) is 2.03. The Morgan fingerprint density at radius 2 is 1.90 bits per heavy atom. The van der Waals surface area contributed by atoms with Crippen LogP contribution in [0.15, 0.2) is 21.6 Å². The highest BCUT2D eigenvalue weighted by Gasteiger charge is 2.24. The van der Waals surface area contributed by atoms with E-state index in [2.05, 4.69) is 12.2 Å². The summed E-state index contributed by atoms with van der Waals surface area (Å²) in [5.41, 5.74) is 0. The molecule has 0 radical (unpaired) electrons. The molecule has 0 amide bonds. The molecule has 6 nitrogen and oxygen atoms in total. The van der Waals surface area contributed by atoms with Crippen molar-refractivity contribution in [2.24, 2.45) is 0 Å². The van der Waals surface area contributed by atoms with Gasteiger partial charge >= 0.3 is 0 Å². The third-order valence-corrected chi connectivity index (χ3v) is 4.84. The molecule has 1 aromatic heterocycles. The minimum atomic E-state index is -3.53. The van der Waals surface area contributed by atoms with Crippen molar-refractivity contribution in [2.75, 3.05) is 40.8 Å². The van der Waals surface area contributed by atoms with E-state index >= 15 is 0 Å². The largest absolute Gasteiger partial charge is 0.447 e. The highest BCUT2D eigenvalue weighted by molar-refractivity contribution is 7.89. The molecule has 0 aromatic carbocycles. The molecule has 7 heteroatoms. The van der Waals surface area contributed by atoms with Crippen molar-refractivity contribution in [3.05, 3.63) is 17.9 Å². The highest BCUT2D eigenvalue weighted by atomic mass is 32.2. The third kappa shape index (κ3) is 5.78. The fourth-order valence-electron chi connectivity index (χ4n) is 1.86. The molecule has 0 spiro atoms. The SMILES string of the molecule is CCCNCc1ccc(S(=O)(=O)N(C)CCCN(C)C)o1. The van der Waals surface area contributed by atoms with E-state index in [1.807, 2.05) is 19.0 Å². The molecule has 1 rings (SSSR count). The number of hydrogen-bond acceptors (Lipinski definition) is 5. The second kappa shape index (κ2) is 8.53. The van der Waals surface area contributed by atoms with Crippen molar-refractivity contribution >= 4 is 10.0 Å². The summed E-state index contributed by atoms with van der Waals surface area (Å²) in [6.45, 7) is 4.84. The van der Waals surface area contributed by atoms with Crippen molar-refractivity contribution in [2.45, 2.75) is 31.4 Å². The van der Waals surface area contributed by atoms with Gasteiger partial charge in [0, 0.05) is 13.6 Å². The van der Waals surface area contributed by atoms with Gasteiger partial charge in [0.05, 0.1) is 6.54 Å². The van der Waals surface area contributed by atoms with Crippen LogP contribution in [-0.4, -0.2) is 58.4 Å². The van der Waals surface area contributed by atoms with Crippen molar-refractivity contribution in [1.29, 1.82) is 0 Å². The summed E-state index contributed by atoms with van der Waals surface area (Å²) in [7, 11) is 2.00. The van der Waals surface area contributed by atoms with Crippen LogP contribution in [0.4, 0.5) is 0 Å². The molecule has 1 aromatic rings. The van der Waals surface area contributed by atoms with Crippen molar-refractivity contribution in [3.8, 4) is 0 Å².